The summed E-state index contributed by atoms with van der Waals surface area (Å²) < 4.78 is 0. The van der Waals surface area contributed by atoms with Crippen molar-refractivity contribution < 1.29 is 0 Å². The Bertz CT molecular complexity index is 921. The fourth-order valence-corrected chi connectivity index (χ4v) is 4.08. The molecule has 1 aromatic heterocycles. The van der Waals surface area contributed by atoms with Gasteiger partial charge in [0, 0.05) is 16.6 Å². The number of nitrogens with two attached hydrogens (primary N) is 1. The second-order valence-corrected chi connectivity index (χ2v) is 7.41. The predicted molar refractivity (Wildman–Crippen MR) is 125 cm³/mol. The summed E-state index contributed by atoms with van der Waals surface area (Å²) in [4.78, 5) is 9.13. The van der Waals surface area contributed by atoms with E-state index >= 15 is 0 Å². The van der Waals surface area contributed by atoms with Gasteiger partial charge in [-0.1, -0.05) is 42.5 Å². The molecule has 0 unspecified atom stereocenters. The van der Waals surface area contributed by atoms with E-state index in [4.69, 9.17) is 5.73 Å². The molecule has 0 fully saturated rings. The monoisotopic (exact) mass is 490 g/mol. The molecule has 140 valence electrons. The minimum Gasteiger partial charge on any atom is -0.370 e. The Hall–Kier alpha value is -1.93. The standard InChI is InChI=1S/C21H22N4S.HI/c22-21(25-18-12-6-10-15-7-4-5-11-17(15)18)23-13-20-24-19(14-26-20)16-8-2-1-3-9-16;/h1-3,6,8-10,12,14H,4-5,7,11,13H2,(H3,22,23,25);1H. The van der Waals surface area contributed by atoms with Crippen molar-refractivity contribution in [1.29, 1.82) is 0 Å². The average Bonchev–Trinajstić information content (AvgIpc) is 3.17. The molecule has 2 aromatic carbocycles. The molecule has 0 spiro atoms. The van der Waals surface area contributed by atoms with Crippen LogP contribution in [0.2, 0.25) is 0 Å². The van der Waals surface area contributed by atoms with Crippen molar-refractivity contribution in [1.82, 2.24) is 4.98 Å². The summed E-state index contributed by atoms with van der Waals surface area (Å²) in [5, 5.41) is 6.31. The van der Waals surface area contributed by atoms with Crippen molar-refractivity contribution >= 4 is 47.0 Å². The topological polar surface area (TPSA) is 63.3 Å². The molecule has 0 aliphatic heterocycles. The highest BCUT2D eigenvalue weighted by Crippen LogP contribution is 2.27. The molecule has 0 radical (unpaired) electrons. The Kier molecular flexibility index (Phi) is 6.84. The van der Waals surface area contributed by atoms with Crippen LogP contribution in [0.4, 0.5) is 5.69 Å². The van der Waals surface area contributed by atoms with Crippen LogP contribution in [-0.4, -0.2) is 10.9 Å². The summed E-state index contributed by atoms with van der Waals surface area (Å²) in [7, 11) is 0. The van der Waals surface area contributed by atoms with Crippen molar-refractivity contribution in [2.24, 2.45) is 10.7 Å². The highest BCUT2D eigenvalue weighted by atomic mass is 127. The van der Waals surface area contributed by atoms with Crippen LogP contribution < -0.4 is 11.1 Å². The lowest BCUT2D eigenvalue weighted by molar-refractivity contribution is 0.687. The van der Waals surface area contributed by atoms with Crippen LogP contribution in [-0.2, 0) is 19.4 Å². The summed E-state index contributed by atoms with van der Waals surface area (Å²) in [6.07, 6.45) is 4.78. The van der Waals surface area contributed by atoms with E-state index in [2.05, 4.69) is 51.0 Å². The summed E-state index contributed by atoms with van der Waals surface area (Å²) >= 11 is 1.61. The lowest BCUT2D eigenvalue weighted by atomic mass is 9.90. The van der Waals surface area contributed by atoms with Crippen LogP contribution in [0, 0.1) is 0 Å². The molecular weight excluding hydrogens is 467 g/mol. The van der Waals surface area contributed by atoms with E-state index in [9.17, 15) is 0 Å². The van der Waals surface area contributed by atoms with Gasteiger partial charge in [0.15, 0.2) is 5.96 Å². The lowest BCUT2D eigenvalue weighted by Gasteiger charge is -2.19. The van der Waals surface area contributed by atoms with Gasteiger partial charge in [-0.3, -0.25) is 0 Å². The van der Waals surface area contributed by atoms with E-state index in [1.54, 1.807) is 11.3 Å². The first kappa shape index (κ1) is 19.8. The average molecular weight is 490 g/mol. The number of anilines is 1. The number of hydrogen-bond acceptors (Lipinski definition) is 3. The van der Waals surface area contributed by atoms with E-state index in [1.165, 1.54) is 24.0 Å². The van der Waals surface area contributed by atoms with Gasteiger partial charge in [0.1, 0.15) is 5.01 Å². The van der Waals surface area contributed by atoms with Crippen LogP contribution in [0.1, 0.15) is 29.0 Å². The number of aliphatic imine (C=N–C) groups is 1. The number of hydrogen-bond donors (Lipinski definition) is 2. The molecule has 1 heterocycles. The summed E-state index contributed by atoms with van der Waals surface area (Å²) in [5.41, 5.74) is 12.1. The highest BCUT2D eigenvalue weighted by Gasteiger charge is 2.13. The number of nitrogens with zero attached hydrogens (tertiary/aromatic N) is 2. The van der Waals surface area contributed by atoms with E-state index in [1.807, 2.05) is 18.2 Å². The molecule has 6 heteroatoms. The Balaban J connectivity index is 0.00000210. The lowest BCUT2D eigenvalue weighted by Crippen LogP contribution is -2.24. The van der Waals surface area contributed by atoms with Gasteiger partial charge in [-0.2, -0.15) is 0 Å². The normalized spacial score (nSPS) is 13.6. The fourth-order valence-electron chi connectivity index (χ4n) is 3.35. The third-order valence-electron chi connectivity index (χ3n) is 4.66. The van der Waals surface area contributed by atoms with Gasteiger partial charge in [-0.25, -0.2) is 9.98 Å². The van der Waals surface area contributed by atoms with Gasteiger partial charge in [0.2, 0.25) is 0 Å². The van der Waals surface area contributed by atoms with Crippen LogP contribution in [0.5, 0.6) is 0 Å². The zero-order valence-electron chi connectivity index (χ0n) is 15.0. The fraction of sp³-hybridized carbons (Fsp3) is 0.238. The highest BCUT2D eigenvalue weighted by molar-refractivity contribution is 14.0. The number of aryl methyl sites for hydroxylation is 1. The number of rotatable bonds is 4. The number of guanidine groups is 1. The van der Waals surface area contributed by atoms with Crippen molar-refractivity contribution in [2.45, 2.75) is 32.2 Å². The molecule has 1 aliphatic carbocycles. The number of halogens is 1. The van der Waals surface area contributed by atoms with Crippen LogP contribution in [0.3, 0.4) is 0 Å². The molecular formula is C21H23IN4S. The van der Waals surface area contributed by atoms with Crippen molar-refractivity contribution in [3.05, 3.63) is 70.0 Å². The molecule has 0 saturated heterocycles. The third kappa shape index (κ3) is 4.87. The van der Waals surface area contributed by atoms with E-state index in [0.717, 1.165) is 34.8 Å². The number of aromatic nitrogens is 1. The Morgan fingerprint density at radius 1 is 1.07 bits per heavy atom. The van der Waals surface area contributed by atoms with Gasteiger partial charge in [0.05, 0.1) is 12.2 Å². The first-order valence-corrected chi connectivity index (χ1v) is 9.85. The Labute approximate surface area is 181 Å². The summed E-state index contributed by atoms with van der Waals surface area (Å²) in [5.74, 6) is 0.445. The first-order chi connectivity index (χ1) is 12.8. The molecule has 0 atom stereocenters. The zero-order valence-corrected chi connectivity index (χ0v) is 18.2. The molecule has 4 rings (SSSR count). The number of fused-ring (bicyclic) bond motifs is 1. The van der Waals surface area contributed by atoms with Crippen LogP contribution >= 0.6 is 35.3 Å². The number of thiazole rings is 1. The predicted octanol–water partition coefficient (Wildman–Crippen LogP) is 5.23. The quantitative estimate of drug-likeness (QED) is 0.299. The molecule has 0 bridgehead atoms. The third-order valence-corrected chi connectivity index (χ3v) is 5.50. The maximum atomic E-state index is 6.12. The molecule has 4 nitrogen and oxygen atoms in total. The molecule has 27 heavy (non-hydrogen) atoms. The minimum atomic E-state index is 0. The van der Waals surface area contributed by atoms with Gasteiger partial charge in [0.25, 0.3) is 0 Å². The zero-order chi connectivity index (χ0) is 17.8. The van der Waals surface area contributed by atoms with Crippen molar-refractivity contribution in [3.63, 3.8) is 0 Å². The largest absolute Gasteiger partial charge is 0.370 e. The molecule has 3 N–H and O–H groups in total. The van der Waals surface area contributed by atoms with Crippen molar-refractivity contribution in [2.75, 3.05) is 5.32 Å². The van der Waals surface area contributed by atoms with Gasteiger partial charge >= 0.3 is 0 Å². The maximum absolute atomic E-state index is 6.12. The first-order valence-electron chi connectivity index (χ1n) is 8.97. The van der Waals surface area contributed by atoms with Gasteiger partial charge < -0.3 is 11.1 Å². The van der Waals surface area contributed by atoms with Gasteiger partial charge in [-0.05, 0) is 42.9 Å². The number of benzene rings is 2. The molecule has 0 amide bonds. The molecule has 1 aliphatic rings. The maximum Gasteiger partial charge on any atom is 0.193 e. The smallest absolute Gasteiger partial charge is 0.193 e. The Morgan fingerprint density at radius 2 is 1.89 bits per heavy atom. The molecule has 3 aromatic rings. The summed E-state index contributed by atoms with van der Waals surface area (Å²) in [6, 6.07) is 16.6. The van der Waals surface area contributed by atoms with Crippen LogP contribution in [0.25, 0.3) is 11.3 Å². The second-order valence-electron chi connectivity index (χ2n) is 6.47. The Morgan fingerprint density at radius 3 is 2.74 bits per heavy atom. The SMILES string of the molecule is I.NC(=NCc1nc(-c2ccccc2)cs1)Nc1cccc2c1CCCC2. The number of nitrogens with one attached hydrogen (secondary N) is 1. The molecule has 0 saturated carbocycles. The van der Waals surface area contributed by atoms with Crippen molar-refractivity contribution in [3.8, 4) is 11.3 Å². The van der Waals surface area contributed by atoms with E-state index < -0.39 is 0 Å². The van der Waals surface area contributed by atoms with Crippen LogP contribution in [0.15, 0.2) is 58.9 Å². The van der Waals surface area contributed by atoms with Gasteiger partial charge in [-0.15, -0.1) is 35.3 Å². The van der Waals surface area contributed by atoms with E-state index in [-0.39, 0.29) is 24.0 Å². The minimum absolute atomic E-state index is 0. The second kappa shape index (κ2) is 9.32. The van der Waals surface area contributed by atoms with E-state index in [0.29, 0.717) is 12.5 Å². The summed E-state index contributed by atoms with van der Waals surface area (Å²) in [6.45, 7) is 0.491.